The summed E-state index contributed by atoms with van der Waals surface area (Å²) in [5, 5.41) is 12.7. The molecule has 2 N–H and O–H groups in total. The van der Waals surface area contributed by atoms with Crippen LogP contribution in [0.4, 0.5) is 4.39 Å². The van der Waals surface area contributed by atoms with E-state index in [4.69, 9.17) is 4.74 Å². The average Bonchev–Trinajstić information content (AvgIpc) is 3.18. The van der Waals surface area contributed by atoms with Crippen molar-refractivity contribution in [2.75, 3.05) is 20.3 Å². The smallest absolute Gasteiger partial charge is 0.230 e. The van der Waals surface area contributed by atoms with Crippen molar-refractivity contribution >= 4 is 5.91 Å². The Balaban J connectivity index is 2.00. The number of aliphatic hydroxyl groups is 1. The Kier molecular flexibility index (Phi) is 4.11. The summed E-state index contributed by atoms with van der Waals surface area (Å²) >= 11 is 0. The van der Waals surface area contributed by atoms with E-state index in [1.54, 1.807) is 19.1 Å². The number of rotatable bonds is 6. The summed E-state index contributed by atoms with van der Waals surface area (Å²) in [7, 11) is 1.50. The first-order valence-corrected chi connectivity index (χ1v) is 6.65. The molecule has 1 aromatic carbocycles. The third-order valence-electron chi connectivity index (χ3n) is 3.67. The summed E-state index contributed by atoms with van der Waals surface area (Å²) in [6.07, 6.45) is 1.49. The van der Waals surface area contributed by atoms with Crippen LogP contribution in [0.25, 0.3) is 0 Å². The van der Waals surface area contributed by atoms with Crippen molar-refractivity contribution in [3.63, 3.8) is 0 Å². The maximum atomic E-state index is 12.9. The van der Waals surface area contributed by atoms with Gasteiger partial charge in [0.15, 0.2) is 0 Å². The van der Waals surface area contributed by atoms with Gasteiger partial charge in [0.05, 0.1) is 12.0 Å². The van der Waals surface area contributed by atoms with Crippen LogP contribution in [-0.2, 0) is 14.9 Å². The van der Waals surface area contributed by atoms with Crippen LogP contribution in [0.2, 0.25) is 0 Å². The molecule has 0 heterocycles. The Hall–Kier alpha value is -1.46. The molecule has 0 spiro atoms. The molecule has 1 aromatic rings. The molecule has 1 aliphatic rings. The average molecular weight is 281 g/mol. The third-order valence-corrected chi connectivity index (χ3v) is 3.67. The second-order valence-corrected chi connectivity index (χ2v) is 5.70. The first-order chi connectivity index (χ1) is 9.39. The molecule has 1 aliphatic carbocycles. The molecule has 1 amide bonds. The van der Waals surface area contributed by atoms with E-state index in [1.807, 2.05) is 0 Å². The SMILES string of the molecule is COCC(C)(O)CNC(=O)C1(c2ccc(F)cc2)CC1. The molecular formula is C15H20FNO3. The zero-order valence-electron chi connectivity index (χ0n) is 11.8. The summed E-state index contributed by atoms with van der Waals surface area (Å²) in [5.74, 6) is -0.437. The van der Waals surface area contributed by atoms with Crippen LogP contribution < -0.4 is 5.32 Å². The zero-order chi connectivity index (χ0) is 14.8. The van der Waals surface area contributed by atoms with Gasteiger partial charge < -0.3 is 15.2 Å². The predicted octanol–water partition coefficient (Wildman–Crippen LogP) is 1.37. The molecule has 0 radical (unpaired) electrons. The van der Waals surface area contributed by atoms with Crippen LogP contribution >= 0.6 is 0 Å². The van der Waals surface area contributed by atoms with E-state index in [-0.39, 0.29) is 24.9 Å². The van der Waals surface area contributed by atoms with Gasteiger partial charge in [-0.1, -0.05) is 12.1 Å². The fourth-order valence-corrected chi connectivity index (χ4v) is 2.34. The van der Waals surface area contributed by atoms with Gasteiger partial charge >= 0.3 is 0 Å². The number of amides is 1. The van der Waals surface area contributed by atoms with Gasteiger partial charge in [-0.25, -0.2) is 4.39 Å². The van der Waals surface area contributed by atoms with Crippen LogP contribution in [0, 0.1) is 5.82 Å². The van der Waals surface area contributed by atoms with E-state index in [9.17, 15) is 14.3 Å². The number of methoxy groups -OCH3 is 1. The number of halogens is 1. The van der Waals surface area contributed by atoms with E-state index in [1.165, 1.54) is 19.2 Å². The Morgan fingerprint density at radius 2 is 2.05 bits per heavy atom. The zero-order valence-corrected chi connectivity index (χ0v) is 11.8. The van der Waals surface area contributed by atoms with Crippen molar-refractivity contribution in [2.45, 2.75) is 30.8 Å². The van der Waals surface area contributed by atoms with Crippen LogP contribution in [0.3, 0.4) is 0 Å². The first-order valence-electron chi connectivity index (χ1n) is 6.65. The van der Waals surface area contributed by atoms with Crippen molar-refractivity contribution in [3.05, 3.63) is 35.6 Å². The van der Waals surface area contributed by atoms with Crippen molar-refractivity contribution in [2.24, 2.45) is 0 Å². The lowest BCUT2D eigenvalue weighted by molar-refractivity contribution is -0.125. The molecule has 1 saturated carbocycles. The summed E-state index contributed by atoms with van der Waals surface area (Å²) in [6.45, 7) is 1.88. The van der Waals surface area contributed by atoms with E-state index in [2.05, 4.69) is 5.32 Å². The Morgan fingerprint density at radius 1 is 1.45 bits per heavy atom. The number of carbonyl (C=O) groups excluding carboxylic acids is 1. The molecule has 1 fully saturated rings. The number of hydrogen-bond donors (Lipinski definition) is 2. The monoisotopic (exact) mass is 281 g/mol. The minimum absolute atomic E-state index is 0.125. The lowest BCUT2D eigenvalue weighted by Crippen LogP contribution is -2.46. The molecule has 0 bridgehead atoms. The fraction of sp³-hybridized carbons (Fsp3) is 0.533. The summed E-state index contributed by atoms with van der Waals surface area (Å²) in [4.78, 5) is 12.3. The number of nitrogens with one attached hydrogen (secondary N) is 1. The summed E-state index contributed by atoms with van der Waals surface area (Å²) < 4.78 is 17.8. The van der Waals surface area contributed by atoms with Gasteiger partial charge in [0.1, 0.15) is 11.4 Å². The van der Waals surface area contributed by atoms with Crippen LogP contribution in [-0.4, -0.2) is 36.9 Å². The van der Waals surface area contributed by atoms with Crippen LogP contribution in [0.1, 0.15) is 25.3 Å². The second kappa shape index (κ2) is 5.50. The van der Waals surface area contributed by atoms with Gasteiger partial charge in [-0.2, -0.15) is 0 Å². The molecule has 1 atom stereocenters. The molecule has 1 unspecified atom stereocenters. The largest absolute Gasteiger partial charge is 0.386 e. The number of hydrogen-bond acceptors (Lipinski definition) is 3. The molecule has 0 aromatic heterocycles. The minimum atomic E-state index is -1.09. The van der Waals surface area contributed by atoms with Gasteiger partial charge in [-0.3, -0.25) is 4.79 Å². The van der Waals surface area contributed by atoms with Gasteiger partial charge in [-0.15, -0.1) is 0 Å². The van der Waals surface area contributed by atoms with Gasteiger partial charge in [0.25, 0.3) is 0 Å². The van der Waals surface area contributed by atoms with E-state index in [0.717, 1.165) is 18.4 Å². The van der Waals surface area contributed by atoms with Gasteiger partial charge in [0.2, 0.25) is 5.91 Å². The molecule has 110 valence electrons. The highest BCUT2D eigenvalue weighted by atomic mass is 19.1. The molecule has 0 saturated heterocycles. The van der Waals surface area contributed by atoms with Crippen molar-refractivity contribution in [1.29, 1.82) is 0 Å². The highest BCUT2D eigenvalue weighted by Gasteiger charge is 2.51. The van der Waals surface area contributed by atoms with Gasteiger partial charge in [-0.05, 0) is 37.5 Å². The molecule has 2 rings (SSSR count). The lowest BCUT2D eigenvalue weighted by Gasteiger charge is -2.24. The van der Waals surface area contributed by atoms with E-state index >= 15 is 0 Å². The maximum Gasteiger partial charge on any atom is 0.230 e. The summed E-state index contributed by atoms with van der Waals surface area (Å²) in [6, 6.07) is 6.03. The molecular weight excluding hydrogens is 261 g/mol. The Bertz CT molecular complexity index is 480. The first kappa shape index (κ1) is 14.9. The fourth-order valence-electron chi connectivity index (χ4n) is 2.34. The molecule has 0 aliphatic heterocycles. The van der Waals surface area contributed by atoms with E-state index in [0.29, 0.717) is 0 Å². The third kappa shape index (κ3) is 3.16. The van der Waals surface area contributed by atoms with Crippen molar-refractivity contribution in [3.8, 4) is 0 Å². The van der Waals surface area contributed by atoms with Crippen LogP contribution in [0.5, 0.6) is 0 Å². The van der Waals surface area contributed by atoms with Gasteiger partial charge in [0, 0.05) is 13.7 Å². The molecule has 4 nitrogen and oxygen atoms in total. The molecule has 20 heavy (non-hydrogen) atoms. The number of ether oxygens (including phenoxy) is 1. The number of carbonyl (C=O) groups is 1. The minimum Gasteiger partial charge on any atom is -0.386 e. The highest BCUT2D eigenvalue weighted by molar-refractivity contribution is 5.91. The topological polar surface area (TPSA) is 58.6 Å². The van der Waals surface area contributed by atoms with Crippen molar-refractivity contribution in [1.82, 2.24) is 5.32 Å². The van der Waals surface area contributed by atoms with E-state index < -0.39 is 11.0 Å². The second-order valence-electron chi connectivity index (χ2n) is 5.70. The normalized spacial score (nSPS) is 19.2. The van der Waals surface area contributed by atoms with Crippen LogP contribution in [0.15, 0.2) is 24.3 Å². The number of benzene rings is 1. The lowest BCUT2D eigenvalue weighted by atomic mass is 9.94. The quantitative estimate of drug-likeness (QED) is 0.828. The predicted molar refractivity (Wildman–Crippen MR) is 72.8 cm³/mol. The Morgan fingerprint density at radius 3 is 2.55 bits per heavy atom. The maximum absolute atomic E-state index is 12.9. The standard InChI is InChI=1S/C15H20FNO3/c1-14(19,10-20-2)9-17-13(18)15(7-8-15)11-3-5-12(16)6-4-11/h3-6,19H,7-10H2,1-2H3,(H,17,18). The Labute approximate surface area is 117 Å². The highest BCUT2D eigenvalue weighted by Crippen LogP contribution is 2.48. The molecule has 5 heteroatoms. The summed E-state index contributed by atoms with van der Waals surface area (Å²) in [5.41, 5.74) is -0.831. The van der Waals surface area contributed by atoms with Crippen molar-refractivity contribution < 1.29 is 19.0 Å².